The van der Waals surface area contributed by atoms with E-state index in [4.69, 9.17) is 9.97 Å². The fraction of sp³-hybridized carbons (Fsp3) is 0. The van der Waals surface area contributed by atoms with Crippen molar-refractivity contribution in [3.05, 3.63) is 200 Å². The summed E-state index contributed by atoms with van der Waals surface area (Å²) in [6.45, 7) is 0. The number of aromatic nitrogens is 3. The lowest BCUT2D eigenvalue weighted by molar-refractivity contribution is 1.18. The molecule has 0 bridgehead atoms. The summed E-state index contributed by atoms with van der Waals surface area (Å²) in [7, 11) is 0. The van der Waals surface area contributed by atoms with Gasteiger partial charge in [-0.15, -0.1) is 0 Å². The van der Waals surface area contributed by atoms with Crippen molar-refractivity contribution in [2.75, 3.05) is 0 Å². The zero-order valence-electron chi connectivity index (χ0n) is 29.4. The van der Waals surface area contributed by atoms with Gasteiger partial charge in [0.1, 0.15) is 0 Å². The van der Waals surface area contributed by atoms with Gasteiger partial charge in [0.25, 0.3) is 0 Å². The van der Waals surface area contributed by atoms with Crippen LogP contribution in [0.15, 0.2) is 200 Å². The van der Waals surface area contributed by atoms with Crippen LogP contribution in [0.1, 0.15) is 0 Å². The van der Waals surface area contributed by atoms with Crippen molar-refractivity contribution in [1.82, 2.24) is 15.0 Å². The maximum atomic E-state index is 5.06. The van der Waals surface area contributed by atoms with Crippen LogP contribution in [0.4, 0.5) is 0 Å². The Bertz CT molecular complexity index is 2920. The molecule has 2 aromatic heterocycles. The summed E-state index contributed by atoms with van der Waals surface area (Å²) in [5.41, 5.74) is 11.7. The normalized spacial score (nSPS) is 11.3. The fourth-order valence-electron chi connectivity index (χ4n) is 7.63. The van der Waals surface area contributed by atoms with Gasteiger partial charge in [-0.05, 0) is 84.4 Å². The van der Waals surface area contributed by atoms with Crippen LogP contribution in [0.2, 0.25) is 0 Å². The van der Waals surface area contributed by atoms with Gasteiger partial charge in [-0.25, -0.2) is 9.97 Å². The van der Waals surface area contributed by atoms with Crippen molar-refractivity contribution >= 4 is 32.3 Å². The Hall–Kier alpha value is -7.23. The number of hydrogen-bond acceptors (Lipinski definition) is 3. The van der Waals surface area contributed by atoms with E-state index < -0.39 is 0 Å². The van der Waals surface area contributed by atoms with E-state index in [2.05, 4.69) is 169 Å². The van der Waals surface area contributed by atoms with Crippen molar-refractivity contribution in [3.63, 3.8) is 0 Å². The topological polar surface area (TPSA) is 38.7 Å². The quantitative estimate of drug-likeness (QED) is 0.163. The van der Waals surface area contributed by atoms with Gasteiger partial charge in [0, 0.05) is 34.6 Å². The van der Waals surface area contributed by atoms with Gasteiger partial charge in [0.05, 0.1) is 11.4 Å². The van der Waals surface area contributed by atoms with Crippen molar-refractivity contribution < 1.29 is 0 Å². The summed E-state index contributed by atoms with van der Waals surface area (Å²) < 4.78 is 0. The van der Waals surface area contributed by atoms with Crippen LogP contribution in [0, 0.1) is 0 Å². The Balaban J connectivity index is 0.978. The summed E-state index contributed by atoms with van der Waals surface area (Å²) in [6.07, 6.45) is 3.69. The second-order valence-corrected chi connectivity index (χ2v) is 13.7. The molecule has 0 unspecified atom stereocenters. The van der Waals surface area contributed by atoms with Crippen molar-refractivity contribution in [2.45, 2.75) is 0 Å². The van der Waals surface area contributed by atoms with E-state index in [1.54, 1.807) is 6.20 Å². The van der Waals surface area contributed by atoms with Crippen LogP contribution < -0.4 is 0 Å². The largest absolute Gasteiger partial charge is 0.264 e. The number of pyridine rings is 1. The maximum Gasteiger partial charge on any atom is 0.160 e. The summed E-state index contributed by atoms with van der Waals surface area (Å²) in [6, 6.07) is 66.7. The Morgan fingerprint density at radius 3 is 1.35 bits per heavy atom. The molecule has 0 saturated carbocycles. The summed E-state index contributed by atoms with van der Waals surface area (Å²) in [5.74, 6) is 0.699. The average Bonchev–Trinajstić information content (AvgIpc) is 3.27. The molecule has 0 aliphatic rings. The van der Waals surface area contributed by atoms with Gasteiger partial charge < -0.3 is 0 Å². The minimum absolute atomic E-state index is 0.699. The summed E-state index contributed by atoms with van der Waals surface area (Å²) >= 11 is 0. The molecule has 8 aromatic carbocycles. The highest BCUT2D eigenvalue weighted by Crippen LogP contribution is 2.38. The van der Waals surface area contributed by atoms with Crippen molar-refractivity contribution in [1.29, 1.82) is 0 Å². The Kier molecular flexibility index (Phi) is 7.81. The monoisotopic (exact) mass is 687 g/mol. The average molecular weight is 688 g/mol. The lowest BCUT2D eigenvalue weighted by Gasteiger charge is -2.12. The molecule has 252 valence electrons. The van der Waals surface area contributed by atoms with Gasteiger partial charge in [0.2, 0.25) is 0 Å². The van der Waals surface area contributed by atoms with E-state index in [0.717, 1.165) is 44.8 Å². The molecule has 0 fully saturated rings. The predicted molar refractivity (Wildman–Crippen MR) is 225 cm³/mol. The highest BCUT2D eigenvalue weighted by atomic mass is 14.9. The van der Waals surface area contributed by atoms with Crippen LogP contribution in [0.3, 0.4) is 0 Å². The van der Waals surface area contributed by atoms with Gasteiger partial charge >= 0.3 is 0 Å². The molecular formula is C51H33N3. The Labute approximate surface area is 313 Å². The molecule has 2 heterocycles. The minimum atomic E-state index is 0.699. The van der Waals surface area contributed by atoms with Crippen LogP contribution in [0.25, 0.3) is 99.6 Å². The minimum Gasteiger partial charge on any atom is -0.264 e. The highest BCUT2D eigenvalue weighted by molar-refractivity contribution is 6.25. The number of rotatable bonds is 6. The van der Waals surface area contributed by atoms with Crippen LogP contribution in [0.5, 0.6) is 0 Å². The first-order chi connectivity index (χ1) is 26.7. The third-order valence-corrected chi connectivity index (χ3v) is 10.4. The molecule has 0 amide bonds. The third-order valence-electron chi connectivity index (χ3n) is 10.4. The molecule has 0 atom stereocenters. The molecule has 0 saturated heterocycles. The van der Waals surface area contributed by atoms with Crippen LogP contribution in [-0.2, 0) is 0 Å². The molecule has 0 aliphatic carbocycles. The van der Waals surface area contributed by atoms with Gasteiger partial charge in [-0.1, -0.05) is 164 Å². The smallest absolute Gasteiger partial charge is 0.160 e. The second kappa shape index (κ2) is 13.4. The molecule has 54 heavy (non-hydrogen) atoms. The summed E-state index contributed by atoms with van der Waals surface area (Å²) in [4.78, 5) is 14.4. The number of fused-ring (bicyclic) bond motifs is 6. The molecule has 10 aromatic rings. The standard InChI is InChI=1S/C51H33N3/c1-2-10-38(11-3-1)51-53-49(32-50(54-51)41-13-8-12-39(30-41)42-14-9-29-52-33-42)37-25-23-35(24-26-37)34-19-21-36(22-20-34)40-27-28-47-45-17-5-4-15-43(45)44-16-6-7-18-46(44)48(47)31-40/h1-33H. The fourth-order valence-corrected chi connectivity index (χ4v) is 7.63. The lowest BCUT2D eigenvalue weighted by atomic mass is 9.92. The number of hydrogen-bond donors (Lipinski definition) is 0. The number of benzene rings is 8. The van der Waals surface area contributed by atoms with Gasteiger partial charge in [-0.3, -0.25) is 4.98 Å². The van der Waals surface area contributed by atoms with Gasteiger partial charge in [0.15, 0.2) is 5.82 Å². The molecule has 0 radical (unpaired) electrons. The number of nitrogens with zero attached hydrogens (tertiary/aromatic N) is 3. The zero-order chi connectivity index (χ0) is 35.8. The van der Waals surface area contributed by atoms with Crippen molar-refractivity contribution in [3.8, 4) is 67.3 Å². The van der Waals surface area contributed by atoms with E-state index in [9.17, 15) is 0 Å². The predicted octanol–water partition coefficient (Wildman–Crippen LogP) is 13.3. The first-order valence-electron chi connectivity index (χ1n) is 18.2. The van der Waals surface area contributed by atoms with E-state index >= 15 is 0 Å². The van der Waals surface area contributed by atoms with Crippen molar-refractivity contribution in [2.24, 2.45) is 0 Å². The Morgan fingerprint density at radius 2 is 0.722 bits per heavy atom. The van der Waals surface area contributed by atoms with E-state index in [-0.39, 0.29) is 0 Å². The lowest BCUT2D eigenvalue weighted by Crippen LogP contribution is -1.96. The van der Waals surface area contributed by atoms with E-state index in [1.807, 2.05) is 30.5 Å². The molecule has 10 rings (SSSR count). The van der Waals surface area contributed by atoms with Gasteiger partial charge in [-0.2, -0.15) is 0 Å². The van der Waals surface area contributed by atoms with E-state index in [1.165, 1.54) is 49.0 Å². The third kappa shape index (κ3) is 5.78. The maximum absolute atomic E-state index is 5.06. The molecule has 0 aliphatic heterocycles. The molecule has 3 heteroatoms. The summed E-state index contributed by atoms with van der Waals surface area (Å²) in [5, 5.41) is 7.74. The van der Waals surface area contributed by atoms with Crippen LogP contribution in [-0.4, -0.2) is 15.0 Å². The highest BCUT2D eigenvalue weighted by Gasteiger charge is 2.13. The molecular weight excluding hydrogens is 655 g/mol. The molecule has 0 N–H and O–H groups in total. The molecule has 3 nitrogen and oxygen atoms in total. The Morgan fingerprint density at radius 1 is 0.259 bits per heavy atom. The first-order valence-corrected chi connectivity index (χ1v) is 18.2. The first kappa shape index (κ1) is 31.5. The zero-order valence-corrected chi connectivity index (χ0v) is 29.4. The van der Waals surface area contributed by atoms with Crippen LogP contribution >= 0.6 is 0 Å². The van der Waals surface area contributed by atoms with E-state index in [0.29, 0.717) is 5.82 Å². The second-order valence-electron chi connectivity index (χ2n) is 13.7. The molecule has 0 spiro atoms. The SMILES string of the molecule is c1ccc(-c2nc(-c3ccc(-c4ccc(-c5ccc6c7ccccc7c7ccccc7c6c5)cc4)cc3)cc(-c3cccc(-c4cccnc4)c3)n2)cc1.